The van der Waals surface area contributed by atoms with Gasteiger partial charge < -0.3 is 5.32 Å². The Hall–Kier alpha value is -1.39. The molecule has 0 radical (unpaired) electrons. The van der Waals surface area contributed by atoms with Crippen LogP contribution in [0, 0.1) is 5.82 Å². The molecule has 19 heavy (non-hydrogen) atoms. The number of rotatable bonds is 6. The highest BCUT2D eigenvalue weighted by molar-refractivity contribution is 6.30. The molecule has 0 aliphatic heterocycles. The third-order valence-electron chi connectivity index (χ3n) is 2.81. The van der Waals surface area contributed by atoms with Gasteiger partial charge in [0.05, 0.1) is 17.8 Å². The van der Waals surface area contributed by atoms with E-state index in [1.807, 2.05) is 6.20 Å². The zero-order valence-corrected chi connectivity index (χ0v) is 11.6. The van der Waals surface area contributed by atoms with E-state index in [-0.39, 0.29) is 10.8 Å². The van der Waals surface area contributed by atoms with Crippen LogP contribution in [-0.2, 0) is 13.1 Å². The van der Waals surface area contributed by atoms with Crippen molar-refractivity contribution < 1.29 is 4.39 Å². The molecule has 0 atom stereocenters. The minimum Gasteiger partial charge on any atom is -0.313 e. The molecule has 0 fully saturated rings. The minimum atomic E-state index is -0.370. The van der Waals surface area contributed by atoms with E-state index < -0.39 is 0 Å². The average Bonchev–Trinajstić information content (AvgIpc) is 2.83. The first-order valence-electron chi connectivity index (χ1n) is 6.35. The van der Waals surface area contributed by atoms with Crippen molar-refractivity contribution >= 4 is 11.6 Å². The number of aromatic nitrogens is 2. The van der Waals surface area contributed by atoms with Crippen LogP contribution >= 0.6 is 11.6 Å². The van der Waals surface area contributed by atoms with E-state index in [1.165, 1.54) is 0 Å². The fraction of sp³-hybridized carbons (Fsp3) is 0.357. The molecule has 0 saturated carbocycles. The maximum atomic E-state index is 13.8. The summed E-state index contributed by atoms with van der Waals surface area (Å²) in [6.45, 7) is 4.28. The molecule has 2 aromatic rings. The number of nitrogens with zero attached hydrogens (tertiary/aromatic N) is 2. The van der Waals surface area contributed by atoms with E-state index in [4.69, 9.17) is 11.6 Å². The van der Waals surface area contributed by atoms with Gasteiger partial charge in [-0.05, 0) is 19.0 Å². The maximum absolute atomic E-state index is 13.8. The molecule has 0 unspecified atom stereocenters. The second-order valence-corrected chi connectivity index (χ2v) is 4.84. The minimum absolute atomic E-state index is 0.148. The summed E-state index contributed by atoms with van der Waals surface area (Å²) in [6.07, 6.45) is 4.82. The highest BCUT2D eigenvalue weighted by atomic mass is 35.5. The molecule has 1 aromatic heterocycles. The molecule has 0 saturated heterocycles. The molecule has 3 nitrogen and oxygen atoms in total. The van der Waals surface area contributed by atoms with Crippen LogP contribution in [0.25, 0.3) is 0 Å². The third-order valence-corrected chi connectivity index (χ3v) is 3.10. The second kappa shape index (κ2) is 6.68. The highest BCUT2D eigenvalue weighted by Gasteiger charge is 2.07. The topological polar surface area (TPSA) is 29.9 Å². The zero-order chi connectivity index (χ0) is 13.7. The van der Waals surface area contributed by atoms with Crippen molar-refractivity contribution in [2.24, 2.45) is 0 Å². The highest BCUT2D eigenvalue weighted by Crippen LogP contribution is 2.18. The predicted octanol–water partition coefficient (Wildman–Crippen LogP) is 3.22. The average molecular weight is 282 g/mol. The lowest BCUT2D eigenvalue weighted by molar-refractivity contribution is 0.585. The van der Waals surface area contributed by atoms with Crippen molar-refractivity contribution in [1.82, 2.24) is 15.1 Å². The van der Waals surface area contributed by atoms with Crippen LogP contribution in [0.5, 0.6) is 0 Å². The lowest BCUT2D eigenvalue weighted by Gasteiger charge is -2.04. The maximum Gasteiger partial charge on any atom is 0.146 e. The molecule has 102 valence electrons. The van der Waals surface area contributed by atoms with Gasteiger partial charge in [-0.25, -0.2) is 4.39 Å². The molecule has 1 N–H and O–H groups in total. The summed E-state index contributed by atoms with van der Waals surface area (Å²) in [5.74, 6) is -0.370. The molecule has 0 spiro atoms. The van der Waals surface area contributed by atoms with Crippen LogP contribution in [0.15, 0.2) is 30.6 Å². The van der Waals surface area contributed by atoms with Crippen molar-refractivity contribution in [1.29, 1.82) is 0 Å². The smallest absolute Gasteiger partial charge is 0.146 e. The molecule has 0 amide bonds. The fourth-order valence-electron chi connectivity index (χ4n) is 1.84. The summed E-state index contributed by atoms with van der Waals surface area (Å²) in [4.78, 5) is 0. The van der Waals surface area contributed by atoms with E-state index in [9.17, 15) is 4.39 Å². The quantitative estimate of drug-likeness (QED) is 0.824. The third kappa shape index (κ3) is 3.78. The van der Waals surface area contributed by atoms with E-state index in [1.54, 1.807) is 29.1 Å². The van der Waals surface area contributed by atoms with E-state index >= 15 is 0 Å². The van der Waals surface area contributed by atoms with Crippen LogP contribution in [0.3, 0.4) is 0 Å². The van der Waals surface area contributed by atoms with Crippen molar-refractivity contribution in [2.75, 3.05) is 6.54 Å². The number of halogens is 2. The number of nitrogens with one attached hydrogen (secondary N) is 1. The van der Waals surface area contributed by atoms with Gasteiger partial charge in [-0.15, -0.1) is 0 Å². The van der Waals surface area contributed by atoms with Crippen LogP contribution in [0.2, 0.25) is 5.02 Å². The summed E-state index contributed by atoms with van der Waals surface area (Å²) in [6, 6.07) is 5.01. The Morgan fingerprint density at radius 2 is 2.26 bits per heavy atom. The van der Waals surface area contributed by atoms with E-state index in [2.05, 4.69) is 17.3 Å². The Morgan fingerprint density at radius 3 is 3.05 bits per heavy atom. The van der Waals surface area contributed by atoms with Gasteiger partial charge in [0.1, 0.15) is 5.82 Å². The predicted molar refractivity (Wildman–Crippen MR) is 74.7 cm³/mol. The van der Waals surface area contributed by atoms with Crippen LogP contribution < -0.4 is 5.32 Å². The molecule has 0 aliphatic carbocycles. The Labute approximate surface area is 117 Å². The molecule has 1 aromatic carbocycles. The van der Waals surface area contributed by atoms with Gasteiger partial charge in [-0.2, -0.15) is 5.10 Å². The van der Waals surface area contributed by atoms with Gasteiger partial charge in [0.15, 0.2) is 0 Å². The first-order valence-corrected chi connectivity index (χ1v) is 6.73. The first-order chi connectivity index (χ1) is 9.20. The SMILES string of the molecule is CCCNCc1cnn(Cc2cccc(Cl)c2F)c1. The van der Waals surface area contributed by atoms with Gasteiger partial charge in [0.25, 0.3) is 0 Å². The molecule has 1 heterocycles. The van der Waals surface area contributed by atoms with Crippen LogP contribution in [-0.4, -0.2) is 16.3 Å². The van der Waals surface area contributed by atoms with Crippen LogP contribution in [0.4, 0.5) is 4.39 Å². The lowest BCUT2D eigenvalue weighted by Crippen LogP contribution is -2.13. The molecule has 0 aliphatic rings. The summed E-state index contributed by atoms with van der Waals surface area (Å²) < 4.78 is 15.5. The van der Waals surface area contributed by atoms with Gasteiger partial charge >= 0.3 is 0 Å². The van der Waals surface area contributed by atoms with Crippen molar-refractivity contribution in [3.05, 3.63) is 52.6 Å². The van der Waals surface area contributed by atoms with Crippen molar-refractivity contribution in [3.63, 3.8) is 0 Å². The molecule has 2 rings (SSSR count). The summed E-state index contributed by atoms with van der Waals surface area (Å²) >= 11 is 5.76. The van der Waals surface area contributed by atoms with Crippen molar-refractivity contribution in [3.8, 4) is 0 Å². The fourth-order valence-corrected chi connectivity index (χ4v) is 2.03. The molecule has 5 heteroatoms. The Balaban J connectivity index is 2.01. The standard InChI is InChI=1S/C14H17ClFN3/c1-2-6-17-7-11-8-18-19(9-11)10-12-4-3-5-13(15)14(12)16/h3-5,8-9,17H,2,6-7,10H2,1H3. The van der Waals surface area contributed by atoms with Crippen LogP contribution in [0.1, 0.15) is 24.5 Å². The second-order valence-electron chi connectivity index (χ2n) is 4.44. The number of benzene rings is 1. The zero-order valence-electron chi connectivity index (χ0n) is 10.9. The van der Waals surface area contributed by atoms with Gasteiger partial charge in [0.2, 0.25) is 0 Å². The monoisotopic (exact) mass is 281 g/mol. The summed E-state index contributed by atoms with van der Waals surface area (Å²) in [5, 5.41) is 7.68. The summed E-state index contributed by atoms with van der Waals surface area (Å²) in [5.41, 5.74) is 1.64. The molecule has 0 bridgehead atoms. The van der Waals surface area contributed by atoms with Gasteiger partial charge in [0, 0.05) is 23.9 Å². The first kappa shape index (κ1) is 14.0. The molecular weight excluding hydrogens is 265 g/mol. The summed E-state index contributed by atoms with van der Waals surface area (Å²) in [7, 11) is 0. The Morgan fingerprint density at radius 1 is 1.42 bits per heavy atom. The largest absolute Gasteiger partial charge is 0.313 e. The molecular formula is C14H17ClFN3. The normalized spacial score (nSPS) is 10.9. The van der Waals surface area contributed by atoms with Crippen molar-refractivity contribution in [2.45, 2.75) is 26.4 Å². The number of hydrogen-bond acceptors (Lipinski definition) is 2. The lowest BCUT2D eigenvalue weighted by atomic mass is 10.2. The van der Waals surface area contributed by atoms with E-state index in [0.717, 1.165) is 25.1 Å². The van der Waals surface area contributed by atoms with E-state index in [0.29, 0.717) is 12.1 Å². The van der Waals surface area contributed by atoms with Gasteiger partial charge in [-0.3, -0.25) is 4.68 Å². The van der Waals surface area contributed by atoms with Gasteiger partial charge in [-0.1, -0.05) is 30.7 Å². The Kier molecular flexibility index (Phi) is 4.93. The number of hydrogen-bond donors (Lipinski definition) is 1. The Bertz CT molecular complexity index is 539.